The van der Waals surface area contributed by atoms with Gasteiger partial charge in [-0.3, -0.25) is 9.59 Å². The molecule has 0 bridgehead atoms. The van der Waals surface area contributed by atoms with Gasteiger partial charge in [0.1, 0.15) is 0 Å². The number of carboxylic acid groups (broad SMARTS) is 1. The summed E-state index contributed by atoms with van der Waals surface area (Å²) in [6.45, 7) is 0.432. The summed E-state index contributed by atoms with van der Waals surface area (Å²) < 4.78 is 4.96. The van der Waals surface area contributed by atoms with Gasteiger partial charge in [0, 0.05) is 19.2 Å². The fourth-order valence-electron chi connectivity index (χ4n) is 2.38. The molecule has 5 heteroatoms. The van der Waals surface area contributed by atoms with Crippen LogP contribution >= 0.6 is 0 Å². The third-order valence-electron chi connectivity index (χ3n) is 3.44. The van der Waals surface area contributed by atoms with Crippen LogP contribution in [0.25, 0.3) is 0 Å². The zero-order valence-electron chi connectivity index (χ0n) is 10.8. The number of allylic oxidation sites excluding steroid dienone is 2. The quantitative estimate of drug-likeness (QED) is 0.842. The minimum absolute atomic E-state index is 0.127. The Balaban J connectivity index is 2.05. The second kappa shape index (κ2) is 5.73. The van der Waals surface area contributed by atoms with Crippen LogP contribution in [0, 0.1) is 11.8 Å². The van der Waals surface area contributed by atoms with Gasteiger partial charge in [0.2, 0.25) is 5.91 Å². The van der Waals surface area contributed by atoms with Crippen LogP contribution in [0.2, 0.25) is 0 Å². The number of carbonyl (C=O) groups is 2. The second-order valence-corrected chi connectivity index (χ2v) is 4.82. The van der Waals surface area contributed by atoms with Crippen LogP contribution in [0.5, 0.6) is 0 Å². The van der Waals surface area contributed by atoms with E-state index in [0.29, 0.717) is 19.4 Å². The maximum atomic E-state index is 12.3. The Morgan fingerprint density at radius 1 is 1.37 bits per heavy atom. The first-order valence-electron chi connectivity index (χ1n) is 6.23. The van der Waals surface area contributed by atoms with Crippen molar-refractivity contribution in [3.63, 3.8) is 0 Å². The van der Waals surface area contributed by atoms with E-state index in [9.17, 15) is 14.7 Å². The van der Waals surface area contributed by atoms with Gasteiger partial charge in [-0.2, -0.15) is 0 Å². The molecule has 0 fully saturated rings. The van der Waals surface area contributed by atoms with E-state index >= 15 is 0 Å². The lowest BCUT2D eigenvalue weighted by Gasteiger charge is -2.28. The van der Waals surface area contributed by atoms with Gasteiger partial charge < -0.3 is 14.4 Å². The molecule has 1 heterocycles. The molecule has 5 nitrogen and oxygen atoms in total. The molecular weight excluding hydrogens is 246 g/mol. The van der Waals surface area contributed by atoms with Crippen molar-refractivity contribution in [3.8, 4) is 0 Å². The Bertz CT molecular complexity index is 478. The Hall–Kier alpha value is -2.04. The Morgan fingerprint density at radius 2 is 2.05 bits per heavy atom. The van der Waals surface area contributed by atoms with Crippen molar-refractivity contribution in [1.29, 1.82) is 0 Å². The van der Waals surface area contributed by atoms with Crippen LogP contribution in [0.3, 0.4) is 0 Å². The van der Waals surface area contributed by atoms with Crippen molar-refractivity contribution in [1.82, 2.24) is 4.90 Å². The van der Waals surface area contributed by atoms with Gasteiger partial charge in [-0.15, -0.1) is 0 Å². The molecule has 1 aliphatic carbocycles. The smallest absolute Gasteiger partial charge is 0.307 e. The van der Waals surface area contributed by atoms with Crippen molar-refractivity contribution < 1.29 is 19.1 Å². The van der Waals surface area contributed by atoms with E-state index in [1.807, 2.05) is 12.2 Å². The highest BCUT2D eigenvalue weighted by molar-refractivity contribution is 5.85. The number of furan rings is 1. The highest BCUT2D eigenvalue weighted by Gasteiger charge is 2.35. The molecule has 0 saturated heterocycles. The number of amides is 1. The van der Waals surface area contributed by atoms with E-state index < -0.39 is 17.8 Å². The molecule has 1 aromatic heterocycles. The molecule has 1 amide bonds. The first kappa shape index (κ1) is 13.4. The third-order valence-corrected chi connectivity index (χ3v) is 3.44. The average molecular weight is 263 g/mol. The largest absolute Gasteiger partial charge is 0.481 e. The normalized spacial score (nSPS) is 22.2. The molecule has 0 saturated carbocycles. The number of aliphatic carboxylic acids is 1. The molecule has 19 heavy (non-hydrogen) atoms. The number of hydrogen-bond donors (Lipinski definition) is 1. The molecule has 2 atom stereocenters. The zero-order chi connectivity index (χ0) is 13.8. The summed E-state index contributed by atoms with van der Waals surface area (Å²) in [5.74, 6) is -2.12. The summed E-state index contributed by atoms with van der Waals surface area (Å²) in [6.07, 6.45) is 7.76. The van der Waals surface area contributed by atoms with Crippen LogP contribution in [0.4, 0.5) is 0 Å². The van der Waals surface area contributed by atoms with Gasteiger partial charge in [-0.25, -0.2) is 0 Å². The van der Waals surface area contributed by atoms with E-state index in [0.717, 1.165) is 5.56 Å². The summed E-state index contributed by atoms with van der Waals surface area (Å²) >= 11 is 0. The van der Waals surface area contributed by atoms with Crippen LogP contribution < -0.4 is 0 Å². The lowest BCUT2D eigenvalue weighted by atomic mass is 9.82. The summed E-state index contributed by atoms with van der Waals surface area (Å²) in [5, 5.41) is 9.18. The zero-order valence-corrected chi connectivity index (χ0v) is 10.8. The molecule has 0 aromatic carbocycles. The topological polar surface area (TPSA) is 70.8 Å². The summed E-state index contributed by atoms with van der Waals surface area (Å²) in [5.41, 5.74) is 0.897. The molecular formula is C14H17NO4. The van der Waals surface area contributed by atoms with Crippen molar-refractivity contribution in [2.45, 2.75) is 19.4 Å². The maximum absolute atomic E-state index is 12.3. The van der Waals surface area contributed by atoms with Crippen molar-refractivity contribution >= 4 is 11.9 Å². The monoisotopic (exact) mass is 263 g/mol. The molecule has 1 aliphatic rings. The van der Waals surface area contributed by atoms with Gasteiger partial charge in [-0.05, 0) is 18.9 Å². The highest BCUT2D eigenvalue weighted by Crippen LogP contribution is 2.27. The third kappa shape index (κ3) is 3.05. The van der Waals surface area contributed by atoms with E-state index in [1.54, 1.807) is 30.5 Å². The highest BCUT2D eigenvalue weighted by atomic mass is 16.4. The SMILES string of the molecule is CN(Cc1ccoc1)C(=O)C1CC=CCC1C(=O)O. The van der Waals surface area contributed by atoms with Gasteiger partial charge in [0.25, 0.3) is 0 Å². The summed E-state index contributed by atoms with van der Waals surface area (Å²) in [4.78, 5) is 25.1. The fourth-order valence-corrected chi connectivity index (χ4v) is 2.38. The van der Waals surface area contributed by atoms with E-state index in [2.05, 4.69) is 0 Å². The molecule has 102 valence electrons. The molecule has 0 aliphatic heterocycles. The van der Waals surface area contributed by atoms with E-state index in [4.69, 9.17) is 4.42 Å². The Morgan fingerprint density at radius 3 is 2.63 bits per heavy atom. The molecule has 0 spiro atoms. The molecule has 1 N–H and O–H groups in total. The second-order valence-electron chi connectivity index (χ2n) is 4.82. The summed E-state index contributed by atoms with van der Waals surface area (Å²) in [7, 11) is 1.69. The van der Waals surface area contributed by atoms with Crippen LogP contribution in [0.15, 0.2) is 35.2 Å². The van der Waals surface area contributed by atoms with Crippen molar-refractivity contribution in [2.75, 3.05) is 7.05 Å². The fraction of sp³-hybridized carbons (Fsp3) is 0.429. The van der Waals surface area contributed by atoms with Crippen LogP contribution in [-0.2, 0) is 16.1 Å². The van der Waals surface area contributed by atoms with Gasteiger partial charge >= 0.3 is 5.97 Å². The molecule has 0 radical (unpaired) electrons. The predicted molar refractivity (Wildman–Crippen MR) is 68.2 cm³/mol. The van der Waals surface area contributed by atoms with Crippen LogP contribution in [-0.4, -0.2) is 28.9 Å². The number of rotatable bonds is 4. The van der Waals surface area contributed by atoms with Gasteiger partial charge in [0.15, 0.2) is 0 Å². The Kier molecular flexibility index (Phi) is 4.04. The minimum atomic E-state index is -0.903. The number of hydrogen-bond acceptors (Lipinski definition) is 3. The summed E-state index contributed by atoms with van der Waals surface area (Å²) in [6, 6.07) is 1.79. The Labute approximate surface area is 111 Å². The molecule has 1 aromatic rings. The lowest BCUT2D eigenvalue weighted by molar-refractivity contribution is -0.150. The van der Waals surface area contributed by atoms with Crippen molar-refractivity contribution in [3.05, 3.63) is 36.3 Å². The number of carboxylic acids is 1. The first-order chi connectivity index (χ1) is 9.09. The molecule has 2 unspecified atom stereocenters. The first-order valence-corrected chi connectivity index (χ1v) is 6.23. The van der Waals surface area contributed by atoms with E-state index in [-0.39, 0.29) is 5.91 Å². The predicted octanol–water partition coefficient (Wildman–Crippen LogP) is 1.91. The minimum Gasteiger partial charge on any atom is -0.481 e. The average Bonchev–Trinajstić information content (AvgIpc) is 2.90. The number of carbonyl (C=O) groups excluding carboxylic acids is 1. The molecule has 2 rings (SSSR count). The van der Waals surface area contributed by atoms with Crippen LogP contribution in [0.1, 0.15) is 18.4 Å². The van der Waals surface area contributed by atoms with Gasteiger partial charge in [-0.1, -0.05) is 12.2 Å². The van der Waals surface area contributed by atoms with E-state index in [1.165, 1.54) is 0 Å². The standard InChI is InChI=1S/C14H17NO4/c1-15(8-10-6-7-19-9-10)13(16)11-4-2-3-5-12(11)14(17)18/h2-3,6-7,9,11-12H,4-5,8H2,1H3,(H,17,18). The number of nitrogens with zero attached hydrogens (tertiary/aromatic N) is 1. The van der Waals surface area contributed by atoms with Crippen molar-refractivity contribution in [2.24, 2.45) is 11.8 Å². The maximum Gasteiger partial charge on any atom is 0.307 e. The lowest BCUT2D eigenvalue weighted by Crippen LogP contribution is -2.39. The van der Waals surface area contributed by atoms with Gasteiger partial charge in [0.05, 0.1) is 24.4 Å².